The molecule has 2 nitrogen and oxygen atoms in total. The van der Waals surface area contributed by atoms with E-state index in [4.69, 9.17) is 0 Å². The maximum Gasteiger partial charge on any atom is 0.169 e. The Hall–Kier alpha value is -7.94. The van der Waals surface area contributed by atoms with Crippen LogP contribution in [0, 0.1) is 0 Å². The van der Waals surface area contributed by atoms with E-state index in [1.165, 1.54) is 89.0 Å². The summed E-state index contributed by atoms with van der Waals surface area (Å²) in [6.45, 7) is 1.97. The monoisotopic (exact) mass is 836 g/mol. The van der Waals surface area contributed by atoms with Gasteiger partial charge in [-0.3, -0.25) is 0 Å². The Morgan fingerprint density at radius 2 is 0.462 bits per heavy atom. The summed E-state index contributed by atoms with van der Waals surface area (Å²) in [4.78, 5) is 0. The first-order valence-electron chi connectivity index (χ1n) is 22.9. The van der Waals surface area contributed by atoms with Gasteiger partial charge >= 0.3 is 0 Å². The highest BCUT2D eigenvalue weighted by atomic mass is 14.9. The predicted molar refractivity (Wildman–Crippen MR) is 271 cm³/mol. The summed E-state index contributed by atoms with van der Waals surface area (Å²) in [6, 6.07) is 83.4. The van der Waals surface area contributed by atoms with Crippen LogP contribution in [0.15, 0.2) is 255 Å². The van der Waals surface area contributed by atoms with Crippen LogP contribution in [0.2, 0.25) is 0 Å². The number of rotatable bonds is 14. The van der Waals surface area contributed by atoms with Gasteiger partial charge in [0.1, 0.15) is 13.1 Å². The van der Waals surface area contributed by atoms with Crippen LogP contribution < -0.4 is 9.13 Å². The van der Waals surface area contributed by atoms with E-state index in [2.05, 4.69) is 264 Å². The van der Waals surface area contributed by atoms with Crippen LogP contribution >= 0.6 is 0 Å². The summed E-state index contributed by atoms with van der Waals surface area (Å²) >= 11 is 0. The Morgan fingerprint density at radius 1 is 0.215 bits per heavy atom. The van der Waals surface area contributed by atoms with Crippen LogP contribution in [0.3, 0.4) is 0 Å². The molecule has 0 unspecified atom stereocenters. The van der Waals surface area contributed by atoms with Crippen LogP contribution in [0.25, 0.3) is 89.0 Å². The average molecular weight is 837 g/mol. The number of nitrogens with zero attached hydrogens (tertiary/aromatic N) is 2. The zero-order valence-electron chi connectivity index (χ0n) is 36.7. The quantitative estimate of drug-likeness (QED) is 0.0761. The molecule has 2 heteroatoms. The molecule has 0 bridgehead atoms. The van der Waals surface area contributed by atoms with Crippen molar-refractivity contribution in [2.45, 2.75) is 32.4 Å². The number of hydrogen-bond acceptors (Lipinski definition) is 0. The highest BCUT2D eigenvalue weighted by Gasteiger charge is 2.20. The molecule has 0 N–H and O–H groups in total. The number of pyridine rings is 2. The molecule has 0 aliphatic heterocycles. The minimum atomic E-state index is 0.984. The summed E-state index contributed by atoms with van der Waals surface area (Å²) in [5.41, 5.74) is 19.6. The second kappa shape index (κ2) is 19.6. The second-order valence-corrected chi connectivity index (χ2v) is 16.8. The van der Waals surface area contributed by atoms with Crippen LogP contribution in [0.4, 0.5) is 0 Å². The van der Waals surface area contributed by atoms with Gasteiger partial charge in [-0.25, -0.2) is 9.13 Å². The smallest absolute Gasteiger partial charge is 0.169 e. The Kier molecular flexibility index (Phi) is 12.4. The van der Waals surface area contributed by atoms with Gasteiger partial charge in [-0.1, -0.05) is 182 Å². The molecule has 8 aromatic carbocycles. The summed E-state index contributed by atoms with van der Waals surface area (Å²) in [5.74, 6) is 0. The van der Waals surface area contributed by atoms with Crippen molar-refractivity contribution in [3.63, 3.8) is 0 Å². The minimum absolute atomic E-state index is 0.984. The lowest BCUT2D eigenvalue weighted by molar-refractivity contribution is -0.701. The fraction of sp³-hybridized carbons (Fsp3) is 0.0794. The number of hydrogen-bond donors (Lipinski definition) is 0. The molecule has 65 heavy (non-hydrogen) atoms. The van der Waals surface area contributed by atoms with Crippen molar-refractivity contribution in [1.29, 1.82) is 0 Å². The fourth-order valence-corrected chi connectivity index (χ4v) is 9.19. The maximum absolute atomic E-state index is 2.37. The van der Waals surface area contributed by atoms with Crippen LogP contribution in [0.1, 0.15) is 19.3 Å². The molecule has 0 atom stereocenters. The lowest BCUT2D eigenvalue weighted by Gasteiger charge is -2.19. The summed E-state index contributed by atoms with van der Waals surface area (Å²) in [7, 11) is 0. The van der Waals surface area contributed by atoms with E-state index in [9.17, 15) is 0 Å². The third kappa shape index (κ3) is 9.39. The van der Waals surface area contributed by atoms with E-state index in [1.54, 1.807) is 0 Å². The first-order chi connectivity index (χ1) is 32.2. The van der Waals surface area contributed by atoms with Gasteiger partial charge in [0.2, 0.25) is 0 Å². The van der Waals surface area contributed by atoms with Gasteiger partial charge in [-0.05, 0) is 120 Å². The molecule has 0 radical (unpaired) electrons. The number of aryl methyl sites for hydroxylation is 2. The Bertz CT molecular complexity index is 2760. The molecule has 0 spiro atoms. The molecular weight excluding hydrogens is 785 g/mol. The van der Waals surface area contributed by atoms with Crippen LogP contribution in [-0.4, -0.2) is 0 Å². The van der Waals surface area contributed by atoms with E-state index >= 15 is 0 Å². The normalized spacial score (nSPS) is 11.1. The van der Waals surface area contributed by atoms with Crippen LogP contribution in [0.5, 0.6) is 0 Å². The van der Waals surface area contributed by atoms with Crippen molar-refractivity contribution < 1.29 is 9.13 Å². The van der Waals surface area contributed by atoms with Gasteiger partial charge in [-0.15, -0.1) is 0 Å². The number of aromatic nitrogens is 2. The van der Waals surface area contributed by atoms with Crippen molar-refractivity contribution in [1.82, 2.24) is 0 Å². The molecule has 2 aromatic heterocycles. The predicted octanol–water partition coefficient (Wildman–Crippen LogP) is 15.5. The third-order valence-electron chi connectivity index (χ3n) is 12.5. The van der Waals surface area contributed by atoms with E-state index in [0.717, 1.165) is 32.4 Å². The van der Waals surface area contributed by atoms with E-state index in [1.807, 2.05) is 0 Å². The zero-order chi connectivity index (χ0) is 43.6. The largest absolute Gasteiger partial charge is 0.205 e. The molecule has 10 aromatic rings. The molecule has 0 aliphatic carbocycles. The number of unbranched alkanes of at least 4 members (excludes halogenated alkanes) is 2. The Balaban J connectivity index is 0.859. The van der Waals surface area contributed by atoms with Crippen molar-refractivity contribution in [2.24, 2.45) is 0 Å². The SMILES string of the molecule is c1ccc(-c2cc(-c3ccccc3)c(-c3cc[n+](CCCCC[n+]4ccc(-c5c(-c6ccccc6)cc(-c6ccccc6)cc5-c5ccccc5)cc4)cc3)c(-c3ccccc3)c2)cc1. The lowest BCUT2D eigenvalue weighted by Crippen LogP contribution is -2.34. The van der Waals surface area contributed by atoms with E-state index in [0.29, 0.717) is 0 Å². The number of benzene rings is 8. The van der Waals surface area contributed by atoms with E-state index in [-0.39, 0.29) is 0 Å². The third-order valence-corrected chi connectivity index (χ3v) is 12.5. The first-order valence-corrected chi connectivity index (χ1v) is 22.9. The van der Waals surface area contributed by atoms with Gasteiger partial charge in [0, 0.05) is 37.1 Å². The standard InChI is InChI=1S/C63H52N2/c1-8-22-48(23-9-1)56-44-58(50-26-12-3-13-27-50)62(59(45-56)51-28-14-4-15-29-51)54-34-40-64(41-35-54)38-20-7-21-39-65-42-36-55(37-43-65)63-60(52-30-16-5-17-31-52)46-57(49-24-10-2-11-25-49)47-61(63)53-32-18-6-19-33-53/h1-6,8-19,22-37,40-47H,7,20-21,38-39H2/q+2. The molecule has 0 aliphatic rings. The van der Waals surface area contributed by atoms with Gasteiger partial charge < -0.3 is 0 Å². The second-order valence-electron chi connectivity index (χ2n) is 16.8. The zero-order valence-corrected chi connectivity index (χ0v) is 36.7. The molecule has 0 saturated heterocycles. The van der Waals surface area contributed by atoms with Crippen molar-refractivity contribution >= 4 is 0 Å². The molecule has 10 rings (SSSR count). The Morgan fingerprint density at radius 3 is 0.723 bits per heavy atom. The topological polar surface area (TPSA) is 7.76 Å². The van der Waals surface area contributed by atoms with Crippen molar-refractivity contribution in [3.05, 3.63) is 255 Å². The first kappa shape index (κ1) is 41.1. The molecule has 2 heterocycles. The highest BCUT2D eigenvalue weighted by Crippen LogP contribution is 2.44. The molecule has 0 amide bonds. The molecular formula is C63H52N2+2. The minimum Gasteiger partial charge on any atom is -0.205 e. The Labute approximate surface area is 384 Å². The van der Waals surface area contributed by atoms with Gasteiger partial charge in [0.25, 0.3) is 0 Å². The van der Waals surface area contributed by atoms with Crippen molar-refractivity contribution in [2.75, 3.05) is 0 Å². The summed E-state index contributed by atoms with van der Waals surface area (Å²) in [5, 5.41) is 0. The van der Waals surface area contributed by atoms with Crippen LogP contribution in [-0.2, 0) is 13.1 Å². The van der Waals surface area contributed by atoms with E-state index < -0.39 is 0 Å². The highest BCUT2D eigenvalue weighted by molar-refractivity contribution is 5.99. The molecule has 0 saturated carbocycles. The van der Waals surface area contributed by atoms with Gasteiger partial charge in [-0.2, -0.15) is 0 Å². The molecule has 312 valence electrons. The molecule has 0 fully saturated rings. The van der Waals surface area contributed by atoms with Gasteiger partial charge in [0.15, 0.2) is 24.8 Å². The average Bonchev–Trinajstić information content (AvgIpc) is 3.40. The van der Waals surface area contributed by atoms with Gasteiger partial charge in [0.05, 0.1) is 0 Å². The van der Waals surface area contributed by atoms with Crippen molar-refractivity contribution in [3.8, 4) is 89.0 Å². The summed E-state index contributed by atoms with van der Waals surface area (Å²) in [6.07, 6.45) is 12.4. The lowest BCUT2D eigenvalue weighted by atomic mass is 9.85. The maximum atomic E-state index is 2.37. The summed E-state index contributed by atoms with van der Waals surface area (Å²) < 4.78 is 4.68. The fourth-order valence-electron chi connectivity index (χ4n) is 9.19.